The van der Waals surface area contributed by atoms with Crippen molar-refractivity contribution in [3.8, 4) is 5.75 Å². The molecule has 0 bridgehead atoms. The molecule has 20 heavy (non-hydrogen) atoms. The molecule has 0 saturated carbocycles. The van der Waals surface area contributed by atoms with Crippen LogP contribution in [0.1, 0.15) is 33.3 Å². The lowest BCUT2D eigenvalue weighted by Crippen LogP contribution is -2.26. The highest BCUT2D eigenvalue weighted by Crippen LogP contribution is 2.28. The van der Waals surface area contributed by atoms with Crippen LogP contribution < -0.4 is 4.74 Å². The summed E-state index contributed by atoms with van der Waals surface area (Å²) in [5.41, 5.74) is 1.02. The third kappa shape index (κ3) is 5.25. The van der Waals surface area contributed by atoms with Crippen LogP contribution in [0, 0.1) is 0 Å². The zero-order chi connectivity index (χ0) is 15.1. The van der Waals surface area contributed by atoms with E-state index >= 15 is 0 Å². The van der Waals surface area contributed by atoms with Gasteiger partial charge in [-0.05, 0) is 45.4 Å². The van der Waals surface area contributed by atoms with Gasteiger partial charge in [0.15, 0.2) is 0 Å². The summed E-state index contributed by atoms with van der Waals surface area (Å²) in [6, 6.07) is 5.67. The van der Waals surface area contributed by atoms with E-state index in [1.807, 2.05) is 50.8 Å². The number of hydrogen-bond acceptors (Lipinski definition) is 3. The van der Waals surface area contributed by atoms with Crippen LogP contribution in [0.2, 0.25) is 5.02 Å². The van der Waals surface area contributed by atoms with Crippen LogP contribution >= 0.6 is 23.4 Å². The second-order valence-electron chi connectivity index (χ2n) is 4.66. The third-order valence-electron chi connectivity index (χ3n) is 2.74. The Morgan fingerprint density at radius 3 is 2.50 bits per heavy atom. The number of rotatable bonds is 6. The van der Waals surface area contributed by atoms with E-state index in [9.17, 15) is 4.79 Å². The van der Waals surface area contributed by atoms with Gasteiger partial charge in [0.05, 0.1) is 11.1 Å². The number of ether oxygens (including phenoxy) is 1. The van der Waals surface area contributed by atoms with Crippen LogP contribution in [0.25, 0.3) is 0 Å². The second-order valence-corrected chi connectivity index (χ2v) is 5.99. The third-order valence-corrected chi connectivity index (χ3v) is 4.02. The van der Waals surface area contributed by atoms with Crippen molar-refractivity contribution in [3.63, 3.8) is 0 Å². The summed E-state index contributed by atoms with van der Waals surface area (Å²) in [5, 5.41) is 0.695. The summed E-state index contributed by atoms with van der Waals surface area (Å²) < 4.78 is 5.58. The molecule has 0 N–H and O–H groups in total. The van der Waals surface area contributed by atoms with Gasteiger partial charge in [-0.2, -0.15) is 0 Å². The molecule has 0 fully saturated rings. The van der Waals surface area contributed by atoms with E-state index in [0.717, 1.165) is 18.7 Å². The molecule has 0 radical (unpaired) electrons. The van der Waals surface area contributed by atoms with Gasteiger partial charge in [-0.1, -0.05) is 29.4 Å². The minimum atomic E-state index is 0.0944. The van der Waals surface area contributed by atoms with Crippen molar-refractivity contribution >= 4 is 28.6 Å². The average Bonchev–Trinajstić information content (AvgIpc) is 2.40. The Morgan fingerprint density at radius 2 is 2.00 bits per heavy atom. The predicted octanol–water partition coefficient (Wildman–Crippen LogP) is 4.82. The molecule has 0 aliphatic rings. The van der Waals surface area contributed by atoms with Crippen molar-refractivity contribution < 1.29 is 9.53 Å². The largest absolute Gasteiger partial charge is 0.489 e. The van der Waals surface area contributed by atoms with Gasteiger partial charge in [-0.15, -0.1) is 0 Å². The molecule has 0 aliphatic carbocycles. The number of halogens is 1. The molecule has 3 nitrogen and oxygen atoms in total. The topological polar surface area (TPSA) is 29.5 Å². The van der Waals surface area contributed by atoms with Crippen LogP contribution in [0.5, 0.6) is 5.75 Å². The summed E-state index contributed by atoms with van der Waals surface area (Å²) >= 11 is 7.48. The van der Waals surface area contributed by atoms with Gasteiger partial charge in [-0.3, -0.25) is 4.79 Å². The Morgan fingerprint density at radius 1 is 1.35 bits per heavy atom. The molecule has 0 atom stereocenters. The Bertz CT molecular complexity index is 447. The highest BCUT2D eigenvalue weighted by Gasteiger charge is 2.11. The molecule has 5 heteroatoms. The Labute approximate surface area is 130 Å². The maximum absolute atomic E-state index is 11.9. The normalized spacial score (nSPS) is 10.7. The minimum absolute atomic E-state index is 0.0944. The van der Waals surface area contributed by atoms with Gasteiger partial charge in [0.1, 0.15) is 5.75 Å². The average molecular weight is 316 g/mol. The first-order valence-electron chi connectivity index (χ1n) is 6.84. The van der Waals surface area contributed by atoms with Crippen molar-refractivity contribution in [3.05, 3.63) is 28.8 Å². The van der Waals surface area contributed by atoms with E-state index < -0.39 is 0 Å². The van der Waals surface area contributed by atoms with Crippen LogP contribution in [-0.2, 0) is 5.75 Å². The molecule has 0 aromatic heterocycles. The van der Waals surface area contributed by atoms with Gasteiger partial charge < -0.3 is 9.64 Å². The predicted molar refractivity (Wildman–Crippen MR) is 86.8 cm³/mol. The molecule has 0 aliphatic heterocycles. The summed E-state index contributed by atoms with van der Waals surface area (Å²) in [6.07, 6.45) is 0.0944. The smallest absolute Gasteiger partial charge is 0.281 e. The first-order valence-corrected chi connectivity index (χ1v) is 8.21. The van der Waals surface area contributed by atoms with Crippen molar-refractivity contribution in [1.82, 2.24) is 4.90 Å². The van der Waals surface area contributed by atoms with E-state index in [1.165, 1.54) is 11.8 Å². The number of carbonyl (C=O) groups is 1. The number of hydrogen-bond donors (Lipinski definition) is 0. The summed E-state index contributed by atoms with van der Waals surface area (Å²) in [5.74, 6) is 1.31. The van der Waals surface area contributed by atoms with E-state index in [4.69, 9.17) is 16.3 Å². The molecule has 1 amide bonds. The van der Waals surface area contributed by atoms with Crippen LogP contribution in [0.15, 0.2) is 18.2 Å². The van der Waals surface area contributed by atoms with Crippen LogP contribution in [-0.4, -0.2) is 29.3 Å². The Balaban J connectivity index is 2.61. The van der Waals surface area contributed by atoms with Gasteiger partial charge in [0, 0.05) is 18.8 Å². The lowest BCUT2D eigenvalue weighted by molar-refractivity contribution is 0.228. The maximum Gasteiger partial charge on any atom is 0.281 e. The quantitative estimate of drug-likeness (QED) is 0.753. The number of benzene rings is 1. The zero-order valence-corrected chi connectivity index (χ0v) is 14.1. The standard InChI is InChI=1S/C15H22ClNO2S/c1-5-17(6-2)15(18)20-10-12-7-8-14(13(16)9-12)19-11(3)4/h7-9,11H,5-6,10H2,1-4H3. The molecular weight excluding hydrogens is 294 g/mol. The molecule has 112 valence electrons. The number of amides is 1. The molecule has 0 unspecified atom stereocenters. The number of nitrogens with zero attached hydrogens (tertiary/aromatic N) is 1. The molecule has 0 spiro atoms. The lowest BCUT2D eigenvalue weighted by Gasteiger charge is -2.17. The zero-order valence-electron chi connectivity index (χ0n) is 12.5. The first kappa shape index (κ1) is 17.2. The number of thioether (sulfide) groups is 1. The molecule has 0 heterocycles. The fraction of sp³-hybridized carbons (Fsp3) is 0.533. The molecule has 1 rings (SSSR count). The lowest BCUT2D eigenvalue weighted by atomic mass is 10.2. The monoisotopic (exact) mass is 315 g/mol. The van der Waals surface area contributed by atoms with Crippen molar-refractivity contribution in [2.75, 3.05) is 13.1 Å². The van der Waals surface area contributed by atoms with E-state index in [2.05, 4.69) is 0 Å². The van der Waals surface area contributed by atoms with Crippen LogP contribution in [0.3, 0.4) is 0 Å². The summed E-state index contributed by atoms with van der Waals surface area (Å²) in [7, 11) is 0. The summed E-state index contributed by atoms with van der Waals surface area (Å²) in [6.45, 7) is 9.37. The second kappa shape index (κ2) is 8.42. The van der Waals surface area contributed by atoms with Gasteiger partial charge in [0.25, 0.3) is 5.24 Å². The SMILES string of the molecule is CCN(CC)C(=O)SCc1ccc(OC(C)C)c(Cl)c1. The highest BCUT2D eigenvalue weighted by atomic mass is 35.5. The Hall–Kier alpha value is -0.870. The molecule has 1 aromatic carbocycles. The first-order chi connectivity index (χ1) is 9.47. The van der Waals surface area contributed by atoms with Gasteiger partial charge in [-0.25, -0.2) is 0 Å². The molecule has 1 aromatic rings. The van der Waals surface area contributed by atoms with Crippen LogP contribution in [0.4, 0.5) is 4.79 Å². The fourth-order valence-electron chi connectivity index (χ4n) is 1.70. The van der Waals surface area contributed by atoms with Gasteiger partial charge >= 0.3 is 0 Å². The van der Waals surface area contributed by atoms with Gasteiger partial charge in [0.2, 0.25) is 0 Å². The van der Waals surface area contributed by atoms with Crippen molar-refractivity contribution in [1.29, 1.82) is 0 Å². The maximum atomic E-state index is 11.9. The van der Waals surface area contributed by atoms with E-state index in [1.54, 1.807) is 0 Å². The summed E-state index contributed by atoms with van der Waals surface area (Å²) in [4.78, 5) is 13.7. The van der Waals surface area contributed by atoms with Crippen molar-refractivity contribution in [2.45, 2.75) is 39.6 Å². The number of carbonyl (C=O) groups excluding carboxylic acids is 1. The highest BCUT2D eigenvalue weighted by molar-refractivity contribution is 8.12. The van der Waals surface area contributed by atoms with E-state index in [-0.39, 0.29) is 11.3 Å². The molecular formula is C15H22ClNO2S. The Kier molecular flexibility index (Phi) is 7.24. The van der Waals surface area contributed by atoms with Crippen molar-refractivity contribution in [2.24, 2.45) is 0 Å². The molecule has 0 saturated heterocycles. The van der Waals surface area contributed by atoms with E-state index in [0.29, 0.717) is 16.5 Å². The minimum Gasteiger partial charge on any atom is -0.489 e. The fourth-order valence-corrected chi connectivity index (χ4v) is 2.86.